The van der Waals surface area contributed by atoms with E-state index in [4.69, 9.17) is 10.5 Å². The van der Waals surface area contributed by atoms with E-state index >= 15 is 0 Å². The second-order valence-corrected chi connectivity index (χ2v) is 4.97. The highest BCUT2D eigenvalue weighted by Gasteiger charge is 2.07. The van der Waals surface area contributed by atoms with E-state index in [1.165, 1.54) is 11.6 Å². The quantitative estimate of drug-likeness (QED) is 0.814. The van der Waals surface area contributed by atoms with Crippen LogP contribution in [0.4, 0.5) is 10.1 Å². The molecule has 2 nitrogen and oxygen atoms in total. The Balaban J connectivity index is 2.04. The number of hydrogen-bond acceptors (Lipinski definition) is 2. The number of halogens is 1. The fourth-order valence-corrected chi connectivity index (χ4v) is 2.01. The van der Waals surface area contributed by atoms with E-state index in [0.29, 0.717) is 17.2 Å². The minimum Gasteiger partial charge on any atom is -0.489 e. The molecule has 20 heavy (non-hydrogen) atoms. The molecule has 1 atom stereocenters. The molecule has 0 heterocycles. The first kappa shape index (κ1) is 14.4. The Morgan fingerprint density at radius 3 is 2.45 bits per heavy atom. The maximum absolute atomic E-state index is 13.6. The maximum atomic E-state index is 13.6. The fraction of sp³-hybridized carbons (Fsp3) is 0.294. The standard InChI is InChI=1S/C17H20FNO/c1-3-12(2)13-7-9-14(10-8-13)20-11-15-16(18)5-4-6-17(15)19/h4-10,12H,3,11,19H2,1-2H3. The zero-order valence-electron chi connectivity index (χ0n) is 11.9. The van der Waals surface area contributed by atoms with Gasteiger partial charge in [-0.2, -0.15) is 0 Å². The van der Waals surface area contributed by atoms with Crippen LogP contribution in [-0.2, 0) is 6.61 Å². The largest absolute Gasteiger partial charge is 0.489 e. The molecule has 0 saturated carbocycles. The van der Waals surface area contributed by atoms with Crippen molar-refractivity contribution in [1.29, 1.82) is 0 Å². The number of ether oxygens (including phenoxy) is 1. The second-order valence-electron chi connectivity index (χ2n) is 4.97. The van der Waals surface area contributed by atoms with E-state index in [2.05, 4.69) is 13.8 Å². The lowest BCUT2D eigenvalue weighted by Gasteiger charge is -2.12. The van der Waals surface area contributed by atoms with Gasteiger partial charge in [0.2, 0.25) is 0 Å². The van der Waals surface area contributed by atoms with Crippen LogP contribution in [0, 0.1) is 5.82 Å². The molecule has 2 aromatic carbocycles. The number of anilines is 1. The summed E-state index contributed by atoms with van der Waals surface area (Å²) in [4.78, 5) is 0. The molecule has 0 bridgehead atoms. The van der Waals surface area contributed by atoms with E-state index in [-0.39, 0.29) is 12.4 Å². The van der Waals surface area contributed by atoms with Crippen LogP contribution in [0.1, 0.15) is 37.3 Å². The minimum absolute atomic E-state index is 0.140. The Bertz CT molecular complexity index is 545. The van der Waals surface area contributed by atoms with Crippen molar-refractivity contribution in [3.05, 3.63) is 59.4 Å². The van der Waals surface area contributed by atoms with Crippen molar-refractivity contribution in [1.82, 2.24) is 0 Å². The molecule has 106 valence electrons. The summed E-state index contributed by atoms with van der Waals surface area (Å²) in [7, 11) is 0. The monoisotopic (exact) mass is 273 g/mol. The highest BCUT2D eigenvalue weighted by Crippen LogP contribution is 2.23. The lowest BCUT2D eigenvalue weighted by Crippen LogP contribution is -2.03. The SMILES string of the molecule is CCC(C)c1ccc(OCc2c(N)cccc2F)cc1. The molecular weight excluding hydrogens is 253 g/mol. The summed E-state index contributed by atoms with van der Waals surface area (Å²) < 4.78 is 19.2. The van der Waals surface area contributed by atoms with Crippen LogP contribution in [-0.4, -0.2) is 0 Å². The summed E-state index contributed by atoms with van der Waals surface area (Å²) in [6, 6.07) is 12.6. The number of benzene rings is 2. The summed E-state index contributed by atoms with van der Waals surface area (Å²) in [5.74, 6) is 0.923. The fourth-order valence-electron chi connectivity index (χ4n) is 2.01. The molecule has 0 aliphatic carbocycles. The van der Waals surface area contributed by atoms with Gasteiger partial charge in [-0.1, -0.05) is 32.0 Å². The third kappa shape index (κ3) is 3.29. The van der Waals surface area contributed by atoms with Gasteiger partial charge in [0, 0.05) is 11.3 Å². The highest BCUT2D eigenvalue weighted by atomic mass is 19.1. The average Bonchev–Trinajstić information content (AvgIpc) is 2.46. The van der Waals surface area contributed by atoms with Gasteiger partial charge >= 0.3 is 0 Å². The summed E-state index contributed by atoms with van der Waals surface area (Å²) in [5, 5.41) is 0. The first-order valence-electron chi connectivity index (χ1n) is 6.87. The van der Waals surface area contributed by atoms with Crippen LogP contribution in [0.3, 0.4) is 0 Å². The predicted octanol–water partition coefficient (Wildman–Crippen LogP) is 4.50. The van der Waals surface area contributed by atoms with Gasteiger partial charge in [-0.15, -0.1) is 0 Å². The third-order valence-electron chi connectivity index (χ3n) is 3.60. The van der Waals surface area contributed by atoms with Gasteiger partial charge in [-0.3, -0.25) is 0 Å². The molecule has 0 aromatic heterocycles. The topological polar surface area (TPSA) is 35.2 Å². The normalized spacial score (nSPS) is 12.2. The molecule has 3 heteroatoms. The molecule has 0 fully saturated rings. The van der Waals surface area contributed by atoms with Crippen molar-refractivity contribution in [2.45, 2.75) is 32.8 Å². The van der Waals surface area contributed by atoms with Gasteiger partial charge in [-0.25, -0.2) is 4.39 Å². The molecule has 0 spiro atoms. The van der Waals surface area contributed by atoms with Crippen LogP contribution in [0.15, 0.2) is 42.5 Å². The van der Waals surface area contributed by atoms with Gasteiger partial charge in [0.25, 0.3) is 0 Å². The molecule has 0 aliphatic rings. The third-order valence-corrected chi connectivity index (χ3v) is 3.60. The predicted molar refractivity (Wildman–Crippen MR) is 80.3 cm³/mol. The number of nitrogens with two attached hydrogens (primary N) is 1. The zero-order chi connectivity index (χ0) is 14.5. The molecule has 2 aromatic rings. The van der Waals surface area contributed by atoms with Gasteiger partial charge in [0.05, 0.1) is 0 Å². The Labute approximate surface area is 119 Å². The molecule has 0 radical (unpaired) electrons. The van der Waals surface area contributed by atoms with Gasteiger partial charge in [0.15, 0.2) is 0 Å². The molecule has 1 unspecified atom stereocenters. The Hall–Kier alpha value is -2.03. The van der Waals surface area contributed by atoms with Crippen LogP contribution in [0.5, 0.6) is 5.75 Å². The summed E-state index contributed by atoms with van der Waals surface area (Å²) >= 11 is 0. The first-order valence-corrected chi connectivity index (χ1v) is 6.87. The molecular formula is C17H20FNO. The molecule has 0 saturated heterocycles. The average molecular weight is 273 g/mol. The van der Waals surface area contributed by atoms with Crippen LogP contribution < -0.4 is 10.5 Å². The van der Waals surface area contributed by atoms with Crippen molar-refractivity contribution >= 4 is 5.69 Å². The summed E-state index contributed by atoms with van der Waals surface area (Å²) in [6.45, 7) is 4.49. The van der Waals surface area contributed by atoms with Crippen LogP contribution in [0.25, 0.3) is 0 Å². The molecule has 0 aliphatic heterocycles. The van der Waals surface area contributed by atoms with Crippen molar-refractivity contribution in [2.24, 2.45) is 0 Å². The minimum atomic E-state index is -0.332. The van der Waals surface area contributed by atoms with E-state index in [1.54, 1.807) is 12.1 Å². The summed E-state index contributed by atoms with van der Waals surface area (Å²) in [6.07, 6.45) is 1.10. The van der Waals surface area contributed by atoms with Crippen molar-refractivity contribution in [3.8, 4) is 5.75 Å². The molecule has 0 amide bonds. The van der Waals surface area contributed by atoms with Crippen LogP contribution >= 0.6 is 0 Å². The Morgan fingerprint density at radius 2 is 1.85 bits per heavy atom. The summed E-state index contributed by atoms with van der Waals surface area (Å²) in [5.41, 5.74) is 7.85. The van der Waals surface area contributed by atoms with Crippen molar-refractivity contribution < 1.29 is 9.13 Å². The lowest BCUT2D eigenvalue weighted by atomic mass is 9.99. The maximum Gasteiger partial charge on any atom is 0.131 e. The van der Waals surface area contributed by atoms with Gasteiger partial charge < -0.3 is 10.5 Å². The molecule has 2 rings (SSSR count). The van der Waals surface area contributed by atoms with Crippen molar-refractivity contribution in [3.63, 3.8) is 0 Å². The van der Waals surface area contributed by atoms with E-state index < -0.39 is 0 Å². The van der Waals surface area contributed by atoms with E-state index in [1.807, 2.05) is 24.3 Å². The highest BCUT2D eigenvalue weighted by molar-refractivity contribution is 5.47. The smallest absolute Gasteiger partial charge is 0.131 e. The van der Waals surface area contributed by atoms with E-state index in [0.717, 1.165) is 12.2 Å². The van der Waals surface area contributed by atoms with Gasteiger partial charge in [0.1, 0.15) is 18.2 Å². The van der Waals surface area contributed by atoms with Crippen molar-refractivity contribution in [2.75, 3.05) is 5.73 Å². The number of rotatable bonds is 5. The molecule has 2 N–H and O–H groups in total. The number of nitrogen functional groups attached to an aromatic ring is 1. The Morgan fingerprint density at radius 1 is 1.15 bits per heavy atom. The second kappa shape index (κ2) is 6.42. The van der Waals surface area contributed by atoms with E-state index in [9.17, 15) is 4.39 Å². The lowest BCUT2D eigenvalue weighted by molar-refractivity contribution is 0.300. The number of hydrogen-bond donors (Lipinski definition) is 1. The van der Waals surface area contributed by atoms with Gasteiger partial charge in [-0.05, 0) is 42.2 Å². The first-order chi connectivity index (χ1) is 9.61. The van der Waals surface area contributed by atoms with Crippen LogP contribution in [0.2, 0.25) is 0 Å². The Kier molecular flexibility index (Phi) is 4.61. The zero-order valence-corrected chi connectivity index (χ0v) is 11.9.